The van der Waals surface area contributed by atoms with E-state index in [1.165, 1.54) is 0 Å². The molecule has 0 aromatic heterocycles. The summed E-state index contributed by atoms with van der Waals surface area (Å²) in [6, 6.07) is 0.345. The van der Waals surface area contributed by atoms with Crippen molar-refractivity contribution in [2.24, 2.45) is 5.92 Å². The Morgan fingerprint density at radius 1 is 1.60 bits per heavy atom. The fraction of sp³-hybridized carbons (Fsp3) is 0.250. The summed E-state index contributed by atoms with van der Waals surface area (Å²) in [7, 11) is 0. The van der Waals surface area contributed by atoms with Crippen molar-refractivity contribution in [3.63, 3.8) is 0 Å². The Morgan fingerprint density at radius 2 is 2.50 bits per heavy atom. The van der Waals surface area contributed by atoms with Crippen molar-refractivity contribution in [2.45, 2.75) is 6.04 Å². The summed E-state index contributed by atoms with van der Waals surface area (Å²) in [6.45, 7) is 0. The van der Waals surface area contributed by atoms with E-state index in [9.17, 15) is 0 Å². The van der Waals surface area contributed by atoms with Crippen LogP contribution in [0, 0.1) is 12.0 Å². The lowest BCUT2D eigenvalue weighted by Gasteiger charge is -2.15. The third-order valence-electron chi connectivity index (χ3n) is 1.79. The van der Waals surface area contributed by atoms with Gasteiger partial charge in [0.15, 0.2) is 0 Å². The van der Waals surface area contributed by atoms with Gasteiger partial charge in [-0.1, -0.05) is 29.8 Å². The molecule has 2 atom stereocenters. The van der Waals surface area contributed by atoms with Gasteiger partial charge < -0.3 is 5.32 Å². The first-order chi connectivity index (χ1) is 4.88. The van der Waals surface area contributed by atoms with Crippen LogP contribution in [-0.2, 0) is 0 Å². The minimum absolute atomic E-state index is 0.345. The maximum atomic E-state index is 5.89. The molecule has 1 heterocycles. The van der Waals surface area contributed by atoms with E-state index in [1.54, 1.807) is 0 Å². The molecule has 2 heteroatoms. The first-order valence-electron chi connectivity index (χ1n) is 3.25. The molecule has 2 rings (SSSR count). The van der Waals surface area contributed by atoms with Crippen molar-refractivity contribution in [3.05, 3.63) is 35.5 Å². The Kier molecular flexibility index (Phi) is 1.31. The van der Waals surface area contributed by atoms with Gasteiger partial charge in [0.05, 0.1) is 6.04 Å². The van der Waals surface area contributed by atoms with Crippen molar-refractivity contribution in [3.8, 4) is 0 Å². The fourth-order valence-corrected chi connectivity index (χ4v) is 1.50. The quantitative estimate of drug-likeness (QED) is 0.556. The minimum Gasteiger partial charge on any atom is -0.383 e. The predicted molar refractivity (Wildman–Crippen MR) is 41.3 cm³/mol. The standard InChI is InChI=1S/C8H7ClN/c9-7-5-10-8-4-2-1-3-6(7)8/h1,3-6,8,10H. The van der Waals surface area contributed by atoms with Crippen LogP contribution in [0.4, 0.5) is 0 Å². The van der Waals surface area contributed by atoms with Crippen LogP contribution in [-0.4, -0.2) is 6.04 Å². The van der Waals surface area contributed by atoms with Gasteiger partial charge in [-0.25, -0.2) is 0 Å². The zero-order valence-corrected chi connectivity index (χ0v) is 6.10. The average molecular weight is 153 g/mol. The molecule has 0 amide bonds. The number of rotatable bonds is 0. The number of allylic oxidation sites excluding steroid dienone is 2. The van der Waals surface area contributed by atoms with Crippen molar-refractivity contribution >= 4 is 11.6 Å². The van der Waals surface area contributed by atoms with Gasteiger partial charge in [0.2, 0.25) is 0 Å². The molecule has 1 aliphatic heterocycles. The highest BCUT2D eigenvalue weighted by Crippen LogP contribution is 2.27. The van der Waals surface area contributed by atoms with E-state index in [-0.39, 0.29) is 0 Å². The Labute approximate surface area is 65.1 Å². The third-order valence-corrected chi connectivity index (χ3v) is 2.16. The Hall–Kier alpha value is -0.690. The van der Waals surface area contributed by atoms with Crippen LogP contribution in [0.2, 0.25) is 0 Å². The molecule has 2 aliphatic rings. The molecule has 0 aromatic rings. The third kappa shape index (κ3) is 0.781. The largest absolute Gasteiger partial charge is 0.383 e. The fourth-order valence-electron chi connectivity index (χ4n) is 1.23. The van der Waals surface area contributed by atoms with Gasteiger partial charge >= 0.3 is 0 Å². The summed E-state index contributed by atoms with van der Waals surface area (Å²) in [5.41, 5.74) is 0. The smallest absolute Gasteiger partial charge is 0.0561 e. The molecule has 1 radical (unpaired) electrons. The number of nitrogens with one attached hydrogen (secondary N) is 1. The maximum Gasteiger partial charge on any atom is 0.0561 e. The molecule has 0 aromatic carbocycles. The first kappa shape index (κ1) is 6.05. The van der Waals surface area contributed by atoms with Crippen LogP contribution in [0.1, 0.15) is 0 Å². The maximum absolute atomic E-state index is 5.89. The lowest BCUT2D eigenvalue weighted by Crippen LogP contribution is -2.24. The molecule has 1 N–H and O–H groups in total. The highest BCUT2D eigenvalue weighted by atomic mass is 35.5. The van der Waals surface area contributed by atoms with Crippen molar-refractivity contribution in [1.29, 1.82) is 0 Å². The van der Waals surface area contributed by atoms with E-state index < -0.39 is 0 Å². The molecule has 0 spiro atoms. The van der Waals surface area contributed by atoms with E-state index in [0.29, 0.717) is 12.0 Å². The van der Waals surface area contributed by atoms with Gasteiger partial charge in [-0.15, -0.1) is 0 Å². The van der Waals surface area contributed by atoms with Gasteiger partial charge in [-0.3, -0.25) is 0 Å². The molecule has 1 nitrogen and oxygen atoms in total. The topological polar surface area (TPSA) is 12.0 Å². The molecule has 1 aliphatic carbocycles. The highest BCUT2D eigenvalue weighted by molar-refractivity contribution is 6.30. The number of hydrogen-bond donors (Lipinski definition) is 1. The van der Waals surface area contributed by atoms with Crippen LogP contribution in [0.25, 0.3) is 0 Å². The van der Waals surface area contributed by atoms with Gasteiger partial charge in [0, 0.05) is 17.2 Å². The molecule has 2 unspecified atom stereocenters. The summed E-state index contributed by atoms with van der Waals surface area (Å²) >= 11 is 5.89. The molecule has 0 saturated heterocycles. The lowest BCUT2D eigenvalue weighted by molar-refractivity contribution is 0.642. The van der Waals surface area contributed by atoms with Gasteiger partial charge in [0.25, 0.3) is 0 Å². The van der Waals surface area contributed by atoms with E-state index in [1.807, 2.05) is 18.4 Å². The Balaban J connectivity index is 2.27. The van der Waals surface area contributed by atoms with E-state index in [0.717, 1.165) is 5.03 Å². The lowest BCUT2D eigenvalue weighted by atomic mass is 9.98. The zero-order chi connectivity index (χ0) is 6.97. The molecule has 10 heavy (non-hydrogen) atoms. The number of fused-ring (bicyclic) bond motifs is 1. The Morgan fingerprint density at radius 3 is 3.30 bits per heavy atom. The second-order valence-electron chi connectivity index (χ2n) is 2.44. The van der Waals surface area contributed by atoms with Gasteiger partial charge in [-0.2, -0.15) is 0 Å². The second-order valence-corrected chi connectivity index (χ2v) is 2.88. The van der Waals surface area contributed by atoms with E-state index in [4.69, 9.17) is 11.6 Å². The van der Waals surface area contributed by atoms with Gasteiger partial charge in [0.1, 0.15) is 0 Å². The van der Waals surface area contributed by atoms with E-state index >= 15 is 0 Å². The first-order valence-corrected chi connectivity index (χ1v) is 3.63. The second kappa shape index (κ2) is 2.17. The summed E-state index contributed by atoms with van der Waals surface area (Å²) in [6.07, 6.45) is 10.8. The zero-order valence-electron chi connectivity index (χ0n) is 5.34. The van der Waals surface area contributed by atoms with Crippen molar-refractivity contribution in [2.75, 3.05) is 0 Å². The number of halogens is 1. The molecular formula is C8H7ClN. The Bertz CT molecular complexity index is 227. The summed E-state index contributed by atoms with van der Waals surface area (Å²) in [4.78, 5) is 0. The molecular weight excluding hydrogens is 146 g/mol. The molecule has 0 fully saturated rings. The van der Waals surface area contributed by atoms with Crippen LogP contribution in [0.3, 0.4) is 0 Å². The van der Waals surface area contributed by atoms with Crippen LogP contribution < -0.4 is 5.32 Å². The van der Waals surface area contributed by atoms with Gasteiger partial charge in [-0.05, 0) is 6.08 Å². The van der Waals surface area contributed by atoms with Crippen LogP contribution >= 0.6 is 11.6 Å². The minimum atomic E-state index is 0.345. The predicted octanol–water partition coefficient (Wildman–Crippen LogP) is 1.58. The monoisotopic (exact) mass is 152 g/mol. The van der Waals surface area contributed by atoms with Crippen molar-refractivity contribution in [1.82, 2.24) is 5.32 Å². The summed E-state index contributed by atoms with van der Waals surface area (Å²) in [5.74, 6) is 0.350. The average Bonchev–Trinajstić information content (AvgIpc) is 2.34. The van der Waals surface area contributed by atoms with Crippen LogP contribution in [0.5, 0.6) is 0 Å². The molecule has 0 bridgehead atoms. The SMILES string of the molecule is ClC1=CNC2C=[C]C=CC12. The molecule has 0 saturated carbocycles. The summed E-state index contributed by atoms with van der Waals surface area (Å²) < 4.78 is 0. The van der Waals surface area contributed by atoms with Crippen molar-refractivity contribution < 1.29 is 0 Å². The highest BCUT2D eigenvalue weighted by Gasteiger charge is 2.25. The van der Waals surface area contributed by atoms with E-state index in [2.05, 4.69) is 17.5 Å². The normalized spacial score (nSPS) is 35.1. The number of hydrogen-bond acceptors (Lipinski definition) is 1. The molecule has 51 valence electrons. The van der Waals surface area contributed by atoms with Crippen LogP contribution in [0.15, 0.2) is 29.5 Å². The summed E-state index contributed by atoms with van der Waals surface area (Å²) in [5, 5.41) is 4.03.